The first-order valence-electron chi connectivity index (χ1n) is 6.97. The Kier molecular flexibility index (Phi) is 4.98. The van der Waals surface area contributed by atoms with Crippen molar-refractivity contribution in [1.29, 1.82) is 0 Å². The van der Waals surface area contributed by atoms with Crippen molar-refractivity contribution >= 4 is 15.7 Å². The zero-order valence-corrected chi connectivity index (χ0v) is 13.4. The summed E-state index contributed by atoms with van der Waals surface area (Å²) in [4.78, 5) is 12.3. The summed E-state index contributed by atoms with van der Waals surface area (Å²) in [5.74, 6) is -0.283. The molecule has 2 rings (SSSR count). The molecule has 0 fully saturated rings. The van der Waals surface area contributed by atoms with Gasteiger partial charge in [0, 0.05) is 11.8 Å². The molecule has 5 heteroatoms. The number of carbonyl (C=O) groups excluding carboxylic acids is 1. The van der Waals surface area contributed by atoms with Crippen LogP contribution in [0.25, 0.3) is 0 Å². The quantitative estimate of drug-likeness (QED) is 0.922. The van der Waals surface area contributed by atoms with Crippen molar-refractivity contribution < 1.29 is 13.2 Å². The maximum absolute atomic E-state index is 12.3. The maximum Gasteiger partial charge on any atom is 0.251 e. The molecule has 1 atom stereocenters. The largest absolute Gasteiger partial charge is 0.346 e. The van der Waals surface area contributed by atoms with E-state index in [2.05, 4.69) is 5.32 Å². The Balaban J connectivity index is 2.11. The molecule has 0 bridgehead atoms. The molecule has 1 N–H and O–H groups in total. The van der Waals surface area contributed by atoms with E-state index in [4.69, 9.17) is 0 Å². The predicted molar refractivity (Wildman–Crippen MR) is 87.3 cm³/mol. The lowest BCUT2D eigenvalue weighted by Crippen LogP contribution is -2.26. The van der Waals surface area contributed by atoms with Crippen molar-refractivity contribution in [1.82, 2.24) is 5.32 Å². The Morgan fingerprint density at radius 2 is 1.77 bits per heavy atom. The van der Waals surface area contributed by atoms with Crippen LogP contribution in [0.15, 0.2) is 54.6 Å². The highest BCUT2D eigenvalue weighted by Crippen LogP contribution is 2.14. The zero-order valence-electron chi connectivity index (χ0n) is 12.6. The van der Waals surface area contributed by atoms with Crippen LogP contribution in [-0.4, -0.2) is 20.6 Å². The molecule has 2 aromatic carbocycles. The number of hydrogen-bond donors (Lipinski definition) is 1. The van der Waals surface area contributed by atoms with E-state index < -0.39 is 9.84 Å². The van der Waals surface area contributed by atoms with E-state index in [1.165, 1.54) is 6.26 Å². The second-order valence-corrected chi connectivity index (χ2v) is 7.52. The van der Waals surface area contributed by atoms with Crippen LogP contribution in [0.1, 0.15) is 34.5 Å². The molecule has 0 aliphatic heterocycles. The molecule has 0 spiro atoms. The minimum atomic E-state index is -3.12. The SMILES string of the molecule is C[C@@H](NC(=O)c1cccc(CS(C)(=O)=O)c1)c1ccccc1. The van der Waals surface area contributed by atoms with Crippen molar-refractivity contribution in [3.8, 4) is 0 Å². The fourth-order valence-corrected chi connectivity index (χ4v) is 3.00. The van der Waals surface area contributed by atoms with Crippen molar-refractivity contribution in [2.24, 2.45) is 0 Å². The van der Waals surface area contributed by atoms with Crippen LogP contribution in [0, 0.1) is 0 Å². The number of carbonyl (C=O) groups is 1. The molecule has 0 aliphatic rings. The highest BCUT2D eigenvalue weighted by molar-refractivity contribution is 7.89. The first kappa shape index (κ1) is 16.2. The Bertz CT molecular complexity index is 754. The Hall–Kier alpha value is -2.14. The van der Waals surface area contributed by atoms with Gasteiger partial charge in [0.1, 0.15) is 0 Å². The first-order valence-corrected chi connectivity index (χ1v) is 9.04. The molecular formula is C17H19NO3S. The van der Waals surface area contributed by atoms with Gasteiger partial charge in [0.25, 0.3) is 5.91 Å². The molecule has 0 saturated carbocycles. The molecule has 0 radical (unpaired) electrons. The normalized spacial score (nSPS) is 12.6. The highest BCUT2D eigenvalue weighted by atomic mass is 32.2. The number of sulfone groups is 1. The van der Waals surface area contributed by atoms with Crippen LogP contribution in [-0.2, 0) is 15.6 Å². The van der Waals surface area contributed by atoms with Gasteiger partial charge in [-0.2, -0.15) is 0 Å². The van der Waals surface area contributed by atoms with Crippen molar-refractivity contribution in [2.45, 2.75) is 18.7 Å². The number of rotatable bonds is 5. The average Bonchev–Trinajstić information content (AvgIpc) is 2.46. The molecule has 116 valence electrons. The van der Waals surface area contributed by atoms with Gasteiger partial charge >= 0.3 is 0 Å². The molecule has 22 heavy (non-hydrogen) atoms. The summed E-state index contributed by atoms with van der Waals surface area (Å²) >= 11 is 0. The fourth-order valence-electron chi connectivity index (χ4n) is 2.21. The Morgan fingerprint density at radius 3 is 2.41 bits per heavy atom. The molecule has 0 saturated heterocycles. The van der Waals surface area contributed by atoms with Gasteiger partial charge in [-0.1, -0.05) is 42.5 Å². The molecular weight excluding hydrogens is 298 g/mol. The van der Waals surface area contributed by atoms with E-state index in [-0.39, 0.29) is 17.7 Å². The third kappa shape index (κ3) is 4.70. The summed E-state index contributed by atoms with van der Waals surface area (Å²) in [6.45, 7) is 1.91. The third-order valence-corrected chi connectivity index (χ3v) is 4.12. The third-order valence-electron chi connectivity index (χ3n) is 3.27. The van der Waals surface area contributed by atoms with Gasteiger partial charge < -0.3 is 5.32 Å². The van der Waals surface area contributed by atoms with Crippen LogP contribution in [0.5, 0.6) is 0 Å². The lowest BCUT2D eigenvalue weighted by molar-refractivity contribution is 0.0939. The lowest BCUT2D eigenvalue weighted by atomic mass is 10.1. The summed E-state index contributed by atoms with van der Waals surface area (Å²) in [5, 5.41) is 2.91. The van der Waals surface area contributed by atoms with Gasteiger partial charge in [-0.25, -0.2) is 8.42 Å². The minimum absolute atomic E-state index is 0.0671. The van der Waals surface area contributed by atoms with Crippen LogP contribution in [0.3, 0.4) is 0 Å². The molecule has 1 amide bonds. The van der Waals surface area contributed by atoms with Crippen LogP contribution < -0.4 is 5.32 Å². The van der Waals surface area contributed by atoms with Crippen molar-refractivity contribution in [3.63, 3.8) is 0 Å². The molecule has 2 aromatic rings. The summed E-state index contributed by atoms with van der Waals surface area (Å²) in [5.41, 5.74) is 2.09. The van der Waals surface area contributed by atoms with Gasteiger partial charge in [0.05, 0.1) is 11.8 Å². The van der Waals surface area contributed by atoms with Gasteiger partial charge in [-0.05, 0) is 30.2 Å². The molecule has 0 aliphatic carbocycles. The Labute approximate surface area is 131 Å². The second-order valence-electron chi connectivity index (χ2n) is 5.38. The van der Waals surface area contributed by atoms with Crippen LogP contribution in [0.4, 0.5) is 0 Å². The number of hydrogen-bond acceptors (Lipinski definition) is 3. The number of nitrogens with one attached hydrogen (secondary N) is 1. The van der Waals surface area contributed by atoms with Crippen LogP contribution >= 0.6 is 0 Å². The van der Waals surface area contributed by atoms with Gasteiger partial charge in [0.2, 0.25) is 0 Å². The summed E-state index contributed by atoms with van der Waals surface area (Å²) in [6.07, 6.45) is 1.18. The van der Waals surface area contributed by atoms with Crippen molar-refractivity contribution in [2.75, 3.05) is 6.26 Å². The van der Waals surface area contributed by atoms with Gasteiger partial charge in [0.15, 0.2) is 9.84 Å². The second kappa shape index (κ2) is 6.75. The van der Waals surface area contributed by atoms with Gasteiger partial charge in [-0.3, -0.25) is 4.79 Å². The van der Waals surface area contributed by atoms with E-state index >= 15 is 0 Å². The summed E-state index contributed by atoms with van der Waals surface area (Å²) in [6, 6.07) is 16.2. The molecule has 0 heterocycles. The monoisotopic (exact) mass is 317 g/mol. The van der Waals surface area contributed by atoms with Crippen molar-refractivity contribution in [3.05, 3.63) is 71.3 Å². The highest BCUT2D eigenvalue weighted by Gasteiger charge is 2.12. The zero-order chi connectivity index (χ0) is 16.2. The van der Waals surface area contributed by atoms with E-state index in [9.17, 15) is 13.2 Å². The summed E-state index contributed by atoms with van der Waals surface area (Å²) < 4.78 is 22.7. The van der Waals surface area contributed by atoms with E-state index in [0.29, 0.717) is 11.1 Å². The predicted octanol–water partition coefficient (Wildman–Crippen LogP) is 2.72. The number of amides is 1. The van der Waals surface area contributed by atoms with Gasteiger partial charge in [-0.15, -0.1) is 0 Å². The number of benzene rings is 2. The maximum atomic E-state index is 12.3. The minimum Gasteiger partial charge on any atom is -0.346 e. The molecule has 0 aromatic heterocycles. The lowest BCUT2D eigenvalue weighted by Gasteiger charge is -2.14. The fraction of sp³-hybridized carbons (Fsp3) is 0.235. The van der Waals surface area contributed by atoms with E-state index in [0.717, 1.165) is 5.56 Å². The Morgan fingerprint density at radius 1 is 1.09 bits per heavy atom. The smallest absolute Gasteiger partial charge is 0.251 e. The van der Waals surface area contributed by atoms with Crippen LogP contribution in [0.2, 0.25) is 0 Å². The standard InChI is InChI=1S/C17H19NO3S/c1-13(15-8-4-3-5-9-15)18-17(19)16-10-6-7-14(11-16)12-22(2,20)21/h3-11,13H,12H2,1-2H3,(H,18,19)/t13-/m1/s1. The molecule has 4 nitrogen and oxygen atoms in total. The summed E-state index contributed by atoms with van der Waals surface area (Å²) in [7, 11) is -3.12. The van der Waals surface area contributed by atoms with E-state index in [1.54, 1.807) is 24.3 Å². The first-order chi connectivity index (χ1) is 10.3. The molecule has 0 unspecified atom stereocenters. The van der Waals surface area contributed by atoms with E-state index in [1.807, 2.05) is 37.3 Å². The topological polar surface area (TPSA) is 63.2 Å². The average molecular weight is 317 g/mol.